The Bertz CT molecular complexity index is 995. The summed E-state index contributed by atoms with van der Waals surface area (Å²) in [5.74, 6) is 0.115. The maximum absolute atomic E-state index is 13.1. The normalized spacial score (nSPS) is 23.1. The van der Waals surface area contributed by atoms with Gasteiger partial charge in [0.05, 0.1) is 30.1 Å². The molecule has 2 N–H and O–H groups in total. The van der Waals surface area contributed by atoms with E-state index in [-0.39, 0.29) is 30.4 Å². The van der Waals surface area contributed by atoms with E-state index < -0.39 is 0 Å². The van der Waals surface area contributed by atoms with Gasteiger partial charge in [-0.05, 0) is 49.3 Å². The number of carbonyl (C=O) groups is 2. The standard InChI is InChI=1S/C24H27N3O3S/c28-20-10-3-8-18-23(20)24(21-11-5-13-31-21)27(19-9-2-1-7-17(19)26-18)15-22(29)25-14-16-6-4-12-30-16/h1-2,5,7,9,11,13,16,24,26H,3-4,6,8,10,12,14-15H2,(H,25,29)/t16-,24+/m0/s1. The molecule has 1 aromatic carbocycles. The molecule has 2 aromatic rings. The van der Waals surface area contributed by atoms with Gasteiger partial charge < -0.3 is 20.3 Å². The van der Waals surface area contributed by atoms with Crippen LogP contribution in [0.1, 0.15) is 43.0 Å². The number of hydrogen-bond acceptors (Lipinski definition) is 6. The van der Waals surface area contributed by atoms with Gasteiger partial charge >= 0.3 is 0 Å². The number of allylic oxidation sites excluding steroid dienone is 1. The Morgan fingerprint density at radius 3 is 2.90 bits per heavy atom. The topological polar surface area (TPSA) is 70.7 Å². The van der Waals surface area contributed by atoms with E-state index in [1.54, 1.807) is 11.3 Å². The van der Waals surface area contributed by atoms with Crippen LogP contribution in [0.2, 0.25) is 0 Å². The third-order valence-electron chi connectivity index (χ3n) is 6.22. The molecule has 1 aromatic heterocycles. The number of carbonyl (C=O) groups excluding carboxylic acids is 2. The van der Waals surface area contributed by atoms with Gasteiger partial charge in [-0.2, -0.15) is 0 Å². The minimum absolute atomic E-state index is 0.0563. The number of ketones is 1. The molecular formula is C24H27N3O3S. The maximum Gasteiger partial charge on any atom is 0.239 e. The van der Waals surface area contributed by atoms with E-state index in [0.717, 1.165) is 59.8 Å². The van der Waals surface area contributed by atoms with E-state index in [2.05, 4.69) is 21.6 Å². The summed E-state index contributed by atoms with van der Waals surface area (Å²) in [6, 6.07) is 11.8. The number of ether oxygens (including phenoxy) is 1. The van der Waals surface area contributed by atoms with Gasteiger partial charge in [0, 0.05) is 35.7 Å². The number of thiophene rings is 1. The molecule has 3 aliphatic rings. The summed E-state index contributed by atoms with van der Waals surface area (Å²) in [5.41, 5.74) is 3.67. The highest BCUT2D eigenvalue weighted by Crippen LogP contribution is 2.45. The van der Waals surface area contributed by atoms with Crippen LogP contribution in [-0.4, -0.2) is 37.5 Å². The van der Waals surface area contributed by atoms with Crippen LogP contribution < -0.4 is 15.5 Å². The molecule has 0 radical (unpaired) electrons. The molecule has 1 amide bonds. The van der Waals surface area contributed by atoms with Crippen molar-refractivity contribution < 1.29 is 14.3 Å². The Morgan fingerprint density at radius 1 is 1.19 bits per heavy atom. The number of fused-ring (bicyclic) bond motifs is 1. The molecule has 0 spiro atoms. The van der Waals surface area contributed by atoms with Crippen molar-refractivity contribution in [3.8, 4) is 0 Å². The first-order valence-electron chi connectivity index (χ1n) is 11.0. The van der Waals surface area contributed by atoms with Gasteiger partial charge in [0.25, 0.3) is 0 Å². The molecule has 2 aliphatic heterocycles. The largest absolute Gasteiger partial charge is 0.376 e. The Morgan fingerprint density at radius 2 is 2.10 bits per heavy atom. The summed E-state index contributed by atoms with van der Waals surface area (Å²) >= 11 is 1.63. The van der Waals surface area contributed by atoms with Crippen molar-refractivity contribution in [2.75, 3.05) is 29.9 Å². The maximum atomic E-state index is 13.1. The molecule has 1 fully saturated rings. The molecule has 2 atom stereocenters. The fourth-order valence-corrected chi connectivity index (χ4v) is 5.61. The lowest BCUT2D eigenvalue weighted by Gasteiger charge is -2.34. The average molecular weight is 438 g/mol. The number of anilines is 2. The second-order valence-electron chi connectivity index (χ2n) is 8.30. The molecule has 7 heteroatoms. The van der Waals surface area contributed by atoms with Gasteiger partial charge in [-0.15, -0.1) is 11.3 Å². The molecule has 3 heterocycles. The molecule has 1 aliphatic carbocycles. The Balaban J connectivity index is 1.51. The van der Waals surface area contributed by atoms with Crippen LogP contribution in [0.15, 0.2) is 53.0 Å². The van der Waals surface area contributed by atoms with Gasteiger partial charge in [-0.1, -0.05) is 18.2 Å². The zero-order valence-electron chi connectivity index (χ0n) is 17.4. The van der Waals surface area contributed by atoms with Gasteiger partial charge in [-0.25, -0.2) is 0 Å². The van der Waals surface area contributed by atoms with Crippen molar-refractivity contribution in [1.82, 2.24) is 5.32 Å². The molecule has 31 heavy (non-hydrogen) atoms. The minimum Gasteiger partial charge on any atom is -0.376 e. The fraction of sp³-hybridized carbons (Fsp3) is 0.417. The van der Waals surface area contributed by atoms with Gasteiger partial charge in [-0.3, -0.25) is 9.59 Å². The second-order valence-corrected chi connectivity index (χ2v) is 9.28. The first kappa shape index (κ1) is 20.3. The van der Waals surface area contributed by atoms with E-state index in [9.17, 15) is 9.59 Å². The molecular weight excluding hydrogens is 410 g/mol. The number of para-hydroxylation sites is 2. The zero-order chi connectivity index (χ0) is 21.2. The number of nitrogens with zero attached hydrogens (tertiary/aromatic N) is 1. The van der Waals surface area contributed by atoms with Crippen LogP contribution in [0.3, 0.4) is 0 Å². The Labute approximate surface area is 186 Å². The van der Waals surface area contributed by atoms with Crippen LogP contribution in [0.25, 0.3) is 0 Å². The average Bonchev–Trinajstić information content (AvgIpc) is 3.46. The number of rotatable bonds is 5. The molecule has 0 unspecified atom stereocenters. The predicted molar refractivity (Wildman–Crippen MR) is 122 cm³/mol. The lowest BCUT2D eigenvalue weighted by molar-refractivity contribution is -0.120. The summed E-state index contributed by atoms with van der Waals surface area (Å²) in [6.45, 7) is 1.48. The lowest BCUT2D eigenvalue weighted by Crippen LogP contribution is -2.42. The lowest BCUT2D eigenvalue weighted by atomic mass is 9.88. The number of benzene rings is 1. The summed E-state index contributed by atoms with van der Waals surface area (Å²) in [5, 5.41) is 8.61. The molecule has 0 saturated carbocycles. The fourth-order valence-electron chi connectivity index (χ4n) is 4.76. The van der Waals surface area contributed by atoms with Crippen LogP contribution in [0.4, 0.5) is 11.4 Å². The zero-order valence-corrected chi connectivity index (χ0v) is 18.2. The Hall–Kier alpha value is -2.64. The van der Waals surface area contributed by atoms with Crippen molar-refractivity contribution in [1.29, 1.82) is 0 Å². The van der Waals surface area contributed by atoms with Crippen molar-refractivity contribution >= 4 is 34.4 Å². The van der Waals surface area contributed by atoms with Crippen molar-refractivity contribution in [2.24, 2.45) is 0 Å². The monoisotopic (exact) mass is 437 g/mol. The quantitative estimate of drug-likeness (QED) is 0.739. The number of hydrogen-bond donors (Lipinski definition) is 2. The number of nitrogens with one attached hydrogen (secondary N) is 2. The van der Waals surface area contributed by atoms with Crippen LogP contribution in [0, 0.1) is 0 Å². The SMILES string of the molecule is O=C(CN1c2ccccc2NC2=C(C(=O)CCC2)[C@H]1c1cccs1)NC[C@@H]1CCCO1. The third-order valence-corrected chi connectivity index (χ3v) is 7.14. The predicted octanol–water partition coefficient (Wildman–Crippen LogP) is 4.02. The van der Waals surface area contributed by atoms with Crippen LogP contribution in [0.5, 0.6) is 0 Å². The number of Topliss-reactive ketones (excluding diaryl/α,β-unsaturated/α-hetero) is 1. The first-order valence-corrected chi connectivity index (χ1v) is 11.9. The molecule has 1 saturated heterocycles. The van der Waals surface area contributed by atoms with E-state index in [1.165, 1.54) is 0 Å². The highest BCUT2D eigenvalue weighted by atomic mass is 32.1. The van der Waals surface area contributed by atoms with Crippen molar-refractivity contribution in [2.45, 2.75) is 44.2 Å². The minimum atomic E-state index is -0.271. The van der Waals surface area contributed by atoms with Gasteiger partial charge in [0.1, 0.15) is 0 Å². The van der Waals surface area contributed by atoms with E-state index in [1.807, 2.05) is 35.7 Å². The summed E-state index contributed by atoms with van der Waals surface area (Å²) in [4.78, 5) is 29.3. The highest BCUT2D eigenvalue weighted by Gasteiger charge is 2.37. The molecule has 0 bridgehead atoms. The Kier molecular flexibility index (Phi) is 5.78. The van der Waals surface area contributed by atoms with Crippen LogP contribution in [-0.2, 0) is 14.3 Å². The number of amides is 1. The van der Waals surface area contributed by atoms with E-state index in [0.29, 0.717) is 13.0 Å². The smallest absolute Gasteiger partial charge is 0.239 e. The van der Waals surface area contributed by atoms with E-state index in [4.69, 9.17) is 4.74 Å². The van der Waals surface area contributed by atoms with Crippen LogP contribution >= 0.6 is 11.3 Å². The molecule has 6 nitrogen and oxygen atoms in total. The second kappa shape index (κ2) is 8.85. The van der Waals surface area contributed by atoms with Gasteiger partial charge in [0.15, 0.2) is 5.78 Å². The van der Waals surface area contributed by atoms with Crippen molar-refractivity contribution in [3.63, 3.8) is 0 Å². The third kappa shape index (κ3) is 4.12. The summed E-state index contributed by atoms with van der Waals surface area (Å²) in [7, 11) is 0. The van der Waals surface area contributed by atoms with Gasteiger partial charge in [0.2, 0.25) is 5.91 Å². The highest BCUT2D eigenvalue weighted by molar-refractivity contribution is 7.10. The summed E-state index contributed by atoms with van der Waals surface area (Å²) < 4.78 is 5.65. The molecule has 5 rings (SSSR count). The molecule has 162 valence electrons. The van der Waals surface area contributed by atoms with Crippen molar-refractivity contribution in [3.05, 3.63) is 57.9 Å². The van der Waals surface area contributed by atoms with E-state index >= 15 is 0 Å². The first-order chi connectivity index (χ1) is 15.2. The summed E-state index contributed by atoms with van der Waals surface area (Å²) in [6.07, 6.45) is 4.38.